The molecule has 0 aliphatic heterocycles. The van der Waals surface area contributed by atoms with Crippen molar-refractivity contribution < 1.29 is 14.6 Å². The Kier molecular flexibility index (Phi) is 3.50. The molecular formula is C9H9N3O3. The average Bonchev–Trinajstić information content (AvgIpc) is 2.26. The van der Waals surface area contributed by atoms with Crippen molar-refractivity contribution in [1.29, 1.82) is 10.9 Å². The first-order valence-electron chi connectivity index (χ1n) is 4.04. The lowest BCUT2D eigenvalue weighted by Gasteiger charge is -2.03. The molecule has 3 N–H and O–H groups in total. The molecule has 0 spiro atoms. The first-order chi connectivity index (χ1) is 7.13. The number of hydrogen-bond donors (Lipinski definition) is 3. The SMILES string of the molecule is N=NC(=N)COc1ccc(C(=O)O)cc1. The molecule has 15 heavy (non-hydrogen) atoms. The summed E-state index contributed by atoms with van der Waals surface area (Å²) < 4.78 is 5.06. The fourth-order valence-corrected chi connectivity index (χ4v) is 0.878. The van der Waals surface area contributed by atoms with Crippen molar-refractivity contribution in [2.45, 2.75) is 0 Å². The summed E-state index contributed by atoms with van der Waals surface area (Å²) >= 11 is 0. The standard InChI is InChI=1S/C9H9N3O3/c10-8(12-11)5-15-7-3-1-6(2-4-7)9(13)14/h1-4,10-11H,5H2,(H,13,14). The van der Waals surface area contributed by atoms with Crippen LogP contribution in [0.2, 0.25) is 0 Å². The van der Waals surface area contributed by atoms with Crippen LogP contribution in [0.4, 0.5) is 0 Å². The Morgan fingerprint density at radius 3 is 2.47 bits per heavy atom. The molecule has 0 unspecified atom stereocenters. The lowest BCUT2D eigenvalue weighted by atomic mass is 10.2. The van der Waals surface area contributed by atoms with Crippen molar-refractivity contribution in [2.24, 2.45) is 5.11 Å². The summed E-state index contributed by atoms with van der Waals surface area (Å²) in [4.78, 5) is 10.5. The highest BCUT2D eigenvalue weighted by Gasteiger charge is 2.02. The molecule has 0 atom stereocenters. The third-order valence-electron chi connectivity index (χ3n) is 1.61. The molecule has 0 heterocycles. The monoisotopic (exact) mass is 207 g/mol. The van der Waals surface area contributed by atoms with Crippen LogP contribution in [-0.2, 0) is 0 Å². The summed E-state index contributed by atoms with van der Waals surface area (Å²) in [6.07, 6.45) is 0. The Bertz CT molecular complexity index is 386. The van der Waals surface area contributed by atoms with E-state index in [-0.39, 0.29) is 18.0 Å². The highest BCUT2D eigenvalue weighted by Crippen LogP contribution is 2.11. The van der Waals surface area contributed by atoms with Crippen molar-refractivity contribution in [2.75, 3.05) is 6.61 Å². The van der Waals surface area contributed by atoms with Crippen LogP contribution in [0, 0.1) is 10.9 Å². The van der Waals surface area contributed by atoms with Crippen LogP contribution in [-0.4, -0.2) is 23.5 Å². The number of carboxylic acids is 1. The molecule has 0 fully saturated rings. The Hall–Kier alpha value is -2.24. The molecule has 0 saturated carbocycles. The van der Waals surface area contributed by atoms with Crippen LogP contribution >= 0.6 is 0 Å². The summed E-state index contributed by atoms with van der Waals surface area (Å²) in [6.45, 7) is -0.101. The minimum Gasteiger partial charge on any atom is -0.486 e. The Balaban J connectivity index is 2.60. The van der Waals surface area contributed by atoms with Crippen molar-refractivity contribution in [3.8, 4) is 5.75 Å². The number of hydrogen-bond acceptors (Lipinski definition) is 4. The van der Waals surface area contributed by atoms with E-state index in [9.17, 15) is 4.79 Å². The van der Waals surface area contributed by atoms with Gasteiger partial charge in [0.25, 0.3) is 0 Å². The van der Waals surface area contributed by atoms with Crippen LogP contribution in [0.5, 0.6) is 5.75 Å². The third-order valence-corrected chi connectivity index (χ3v) is 1.61. The van der Waals surface area contributed by atoms with Gasteiger partial charge in [-0.2, -0.15) is 0 Å². The van der Waals surface area contributed by atoms with E-state index >= 15 is 0 Å². The molecule has 0 aromatic heterocycles. The molecule has 0 bridgehead atoms. The maximum absolute atomic E-state index is 10.5. The van der Waals surface area contributed by atoms with Crippen LogP contribution in [0.3, 0.4) is 0 Å². The molecule has 78 valence electrons. The quantitative estimate of drug-likeness (QED) is 0.397. The van der Waals surface area contributed by atoms with Crippen molar-refractivity contribution in [3.05, 3.63) is 29.8 Å². The number of rotatable bonds is 4. The van der Waals surface area contributed by atoms with E-state index in [0.29, 0.717) is 5.75 Å². The zero-order valence-corrected chi connectivity index (χ0v) is 7.73. The molecule has 0 aliphatic carbocycles. The highest BCUT2D eigenvalue weighted by atomic mass is 16.5. The van der Waals surface area contributed by atoms with E-state index in [4.69, 9.17) is 20.8 Å². The van der Waals surface area contributed by atoms with Gasteiger partial charge in [0.15, 0.2) is 5.84 Å². The van der Waals surface area contributed by atoms with Gasteiger partial charge >= 0.3 is 5.97 Å². The Labute approximate surface area is 85.5 Å². The molecule has 1 rings (SSSR count). The summed E-state index contributed by atoms with van der Waals surface area (Å²) in [7, 11) is 0. The molecule has 0 amide bonds. The number of carboxylic acid groups (broad SMARTS) is 1. The summed E-state index contributed by atoms with van der Waals surface area (Å²) in [6, 6.07) is 5.78. The van der Waals surface area contributed by atoms with Crippen molar-refractivity contribution in [3.63, 3.8) is 0 Å². The van der Waals surface area contributed by atoms with Gasteiger partial charge in [0.2, 0.25) is 0 Å². The van der Waals surface area contributed by atoms with E-state index in [2.05, 4.69) is 5.11 Å². The minimum absolute atomic E-state index is 0.101. The topological polar surface area (TPSA) is 107 Å². The fraction of sp³-hybridized carbons (Fsp3) is 0.111. The molecule has 0 aliphatic rings. The van der Waals surface area contributed by atoms with E-state index in [1.807, 2.05) is 0 Å². The highest BCUT2D eigenvalue weighted by molar-refractivity contribution is 5.87. The fourth-order valence-electron chi connectivity index (χ4n) is 0.878. The summed E-state index contributed by atoms with van der Waals surface area (Å²) in [5, 5.41) is 18.5. The maximum Gasteiger partial charge on any atom is 0.335 e. The first-order valence-corrected chi connectivity index (χ1v) is 4.04. The molecule has 1 aromatic carbocycles. The number of benzene rings is 1. The van der Waals surface area contributed by atoms with E-state index < -0.39 is 5.97 Å². The maximum atomic E-state index is 10.5. The smallest absolute Gasteiger partial charge is 0.335 e. The van der Waals surface area contributed by atoms with Gasteiger partial charge in [0.1, 0.15) is 12.4 Å². The predicted molar refractivity (Wildman–Crippen MR) is 51.8 cm³/mol. The number of ether oxygens (including phenoxy) is 1. The lowest BCUT2D eigenvalue weighted by Crippen LogP contribution is -2.07. The van der Waals surface area contributed by atoms with Gasteiger partial charge in [-0.05, 0) is 24.3 Å². The average molecular weight is 207 g/mol. The molecule has 0 saturated heterocycles. The number of amidine groups is 1. The largest absolute Gasteiger partial charge is 0.486 e. The van der Waals surface area contributed by atoms with E-state index in [1.165, 1.54) is 24.3 Å². The van der Waals surface area contributed by atoms with Gasteiger partial charge in [-0.3, -0.25) is 5.41 Å². The van der Waals surface area contributed by atoms with Crippen molar-refractivity contribution >= 4 is 11.8 Å². The molecular weight excluding hydrogens is 198 g/mol. The van der Waals surface area contributed by atoms with Crippen LogP contribution < -0.4 is 4.74 Å². The first kappa shape index (κ1) is 10.8. The lowest BCUT2D eigenvalue weighted by molar-refractivity contribution is 0.0697. The van der Waals surface area contributed by atoms with Crippen molar-refractivity contribution in [1.82, 2.24) is 0 Å². The van der Waals surface area contributed by atoms with Crippen LogP contribution in [0.15, 0.2) is 29.4 Å². The Morgan fingerprint density at radius 1 is 1.40 bits per heavy atom. The van der Waals surface area contributed by atoms with Gasteiger partial charge in [0, 0.05) is 0 Å². The van der Waals surface area contributed by atoms with E-state index in [0.717, 1.165) is 0 Å². The number of nitrogens with one attached hydrogen (secondary N) is 2. The van der Waals surface area contributed by atoms with Gasteiger partial charge in [-0.25, -0.2) is 10.3 Å². The zero-order chi connectivity index (χ0) is 11.3. The third kappa shape index (κ3) is 3.18. The van der Waals surface area contributed by atoms with Gasteiger partial charge in [-0.1, -0.05) is 0 Å². The normalized spacial score (nSPS) is 9.33. The second-order valence-corrected chi connectivity index (χ2v) is 2.68. The molecule has 1 aromatic rings. The van der Waals surface area contributed by atoms with Crippen LogP contribution in [0.1, 0.15) is 10.4 Å². The second-order valence-electron chi connectivity index (χ2n) is 2.68. The number of aromatic carboxylic acids is 1. The van der Waals surface area contributed by atoms with E-state index in [1.54, 1.807) is 0 Å². The molecule has 6 nitrogen and oxygen atoms in total. The Morgan fingerprint density at radius 2 is 2.00 bits per heavy atom. The summed E-state index contributed by atoms with van der Waals surface area (Å²) in [5.41, 5.74) is 6.68. The van der Waals surface area contributed by atoms with Gasteiger partial charge in [0.05, 0.1) is 5.56 Å². The van der Waals surface area contributed by atoms with Gasteiger partial charge in [-0.15, -0.1) is 5.11 Å². The van der Waals surface area contributed by atoms with Gasteiger partial charge < -0.3 is 9.84 Å². The molecule has 0 radical (unpaired) electrons. The zero-order valence-electron chi connectivity index (χ0n) is 7.73. The molecule has 6 heteroatoms. The van der Waals surface area contributed by atoms with Crippen LogP contribution in [0.25, 0.3) is 0 Å². The summed E-state index contributed by atoms with van der Waals surface area (Å²) in [5.74, 6) is -0.763. The second kappa shape index (κ2) is 4.85. The predicted octanol–water partition coefficient (Wildman–Crippen LogP) is 1.77. The number of nitrogens with zero attached hydrogens (tertiary/aromatic N) is 1. The minimum atomic E-state index is -1.00. The number of carbonyl (C=O) groups is 1.